The number of nitriles is 1. The summed E-state index contributed by atoms with van der Waals surface area (Å²) in [4.78, 5) is 4.20. The fourth-order valence-electron chi connectivity index (χ4n) is 2.50. The van der Waals surface area contributed by atoms with Crippen molar-refractivity contribution in [2.75, 3.05) is 0 Å². The maximum absolute atomic E-state index is 13.7. The van der Waals surface area contributed by atoms with Crippen LogP contribution in [0.15, 0.2) is 45.5 Å². The Labute approximate surface area is 180 Å². The highest BCUT2D eigenvalue weighted by molar-refractivity contribution is 9.10. The van der Waals surface area contributed by atoms with Crippen molar-refractivity contribution >= 4 is 27.5 Å². The van der Waals surface area contributed by atoms with Gasteiger partial charge in [0.25, 0.3) is 11.8 Å². The van der Waals surface area contributed by atoms with Gasteiger partial charge >= 0.3 is 0 Å². The topological polar surface area (TPSA) is 103 Å². The zero-order valence-electron chi connectivity index (χ0n) is 14.7. The first-order valence-corrected chi connectivity index (χ1v) is 9.34. The average molecular weight is 494 g/mol. The van der Waals surface area contributed by atoms with E-state index in [4.69, 9.17) is 26.0 Å². The van der Waals surface area contributed by atoms with Crippen LogP contribution in [0, 0.1) is 23.0 Å². The van der Waals surface area contributed by atoms with E-state index in [-0.39, 0.29) is 24.1 Å². The van der Waals surface area contributed by atoms with Gasteiger partial charge in [-0.15, -0.1) is 10.2 Å². The van der Waals surface area contributed by atoms with Crippen LogP contribution in [0.3, 0.4) is 0 Å². The fourth-order valence-corrected chi connectivity index (χ4v) is 3.08. The largest absolute Gasteiger partial charge is 0.484 e. The Balaban J connectivity index is 1.58. The van der Waals surface area contributed by atoms with Gasteiger partial charge < -0.3 is 9.15 Å². The van der Waals surface area contributed by atoms with Crippen molar-refractivity contribution in [3.8, 4) is 29.2 Å². The third-order valence-corrected chi connectivity index (χ3v) is 4.48. The summed E-state index contributed by atoms with van der Waals surface area (Å²) in [6.07, 6.45) is 1.56. The van der Waals surface area contributed by atoms with E-state index < -0.39 is 17.2 Å². The van der Waals surface area contributed by atoms with Gasteiger partial charge in [-0.3, -0.25) is 0 Å². The maximum Gasteiger partial charge on any atom is 0.266 e. The highest BCUT2D eigenvalue weighted by Gasteiger charge is 2.19. The number of pyridine rings is 1. The number of ether oxygens (including phenoxy) is 1. The van der Waals surface area contributed by atoms with Gasteiger partial charge in [0.1, 0.15) is 39.3 Å². The van der Waals surface area contributed by atoms with E-state index in [9.17, 15) is 8.78 Å². The van der Waals surface area contributed by atoms with Crippen LogP contribution >= 0.6 is 27.5 Å². The minimum absolute atomic E-state index is 0.0474. The molecule has 12 heteroatoms. The molecule has 0 saturated carbocycles. The number of hydrogen-bond donors (Lipinski definition) is 0. The van der Waals surface area contributed by atoms with Gasteiger partial charge in [-0.2, -0.15) is 10.4 Å². The first kappa shape index (κ1) is 19.9. The Kier molecular flexibility index (Phi) is 5.43. The minimum Gasteiger partial charge on any atom is -0.484 e. The molecule has 0 aliphatic rings. The fraction of sp³-hybridized carbons (Fsp3) is 0.0556. The zero-order chi connectivity index (χ0) is 21.3. The molecule has 0 radical (unpaired) electrons. The minimum atomic E-state index is -1.03. The van der Waals surface area contributed by atoms with Gasteiger partial charge in [0.2, 0.25) is 0 Å². The average Bonchev–Trinajstić information content (AvgIpc) is 3.33. The van der Waals surface area contributed by atoms with Crippen LogP contribution in [0.1, 0.15) is 11.5 Å². The lowest BCUT2D eigenvalue weighted by molar-refractivity contribution is 0.262. The third-order valence-electron chi connectivity index (χ3n) is 3.79. The normalized spacial score (nSPS) is 10.8. The lowest BCUT2D eigenvalue weighted by Crippen LogP contribution is -2.02. The van der Waals surface area contributed by atoms with Gasteiger partial charge in [0.15, 0.2) is 12.4 Å². The second-order valence-electron chi connectivity index (χ2n) is 5.74. The molecular formula is C18H8BrClF2N6O2. The van der Waals surface area contributed by atoms with E-state index in [1.165, 1.54) is 10.8 Å². The van der Waals surface area contributed by atoms with Crippen molar-refractivity contribution in [2.45, 2.75) is 6.61 Å². The summed E-state index contributed by atoms with van der Waals surface area (Å²) in [6, 6.07) is 8.21. The first-order chi connectivity index (χ1) is 14.5. The number of rotatable bonds is 5. The van der Waals surface area contributed by atoms with E-state index in [1.807, 2.05) is 0 Å². The molecule has 0 spiro atoms. The van der Waals surface area contributed by atoms with Crippen molar-refractivity contribution < 1.29 is 17.9 Å². The van der Waals surface area contributed by atoms with E-state index in [2.05, 4.69) is 36.2 Å². The number of halogens is 4. The number of benzene rings is 1. The monoisotopic (exact) mass is 492 g/mol. The third kappa shape index (κ3) is 3.87. The highest BCUT2D eigenvalue weighted by atomic mass is 79.9. The molecule has 3 heterocycles. The second-order valence-corrected chi connectivity index (χ2v) is 6.96. The van der Waals surface area contributed by atoms with Gasteiger partial charge in [-0.1, -0.05) is 11.6 Å². The lowest BCUT2D eigenvalue weighted by atomic mass is 10.2. The Hall–Kier alpha value is -3.36. The Morgan fingerprint density at radius 3 is 2.70 bits per heavy atom. The van der Waals surface area contributed by atoms with Gasteiger partial charge in [0.05, 0.1) is 5.02 Å². The van der Waals surface area contributed by atoms with E-state index in [0.717, 1.165) is 12.1 Å². The summed E-state index contributed by atoms with van der Waals surface area (Å²) in [5.74, 6) is -1.67. The standard InChI is InChI=1S/C18H8BrClF2N6O2/c19-15-6-14(28(27-15)17-11(20)2-1-3-24-17)18-26-25-16(30-18)8-29-9-4-12(21)10(7-23)13(22)5-9/h1-6H,8H2. The van der Waals surface area contributed by atoms with E-state index in [1.54, 1.807) is 24.4 Å². The van der Waals surface area contributed by atoms with Gasteiger partial charge in [-0.05, 0) is 28.1 Å². The molecule has 0 amide bonds. The smallest absolute Gasteiger partial charge is 0.266 e. The van der Waals surface area contributed by atoms with Crippen molar-refractivity contribution in [1.29, 1.82) is 5.26 Å². The number of hydrogen-bond acceptors (Lipinski definition) is 7. The van der Waals surface area contributed by atoms with Crippen LogP contribution in [0.5, 0.6) is 5.75 Å². The summed E-state index contributed by atoms with van der Waals surface area (Å²) >= 11 is 9.47. The number of aromatic nitrogens is 5. The van der Waals surface area contributed by atoms with E-state index >= 15 is 0 Å². The zero-order valence-corrected chi connectivity index (χ0v) is 17.0. The highest BCUT2D eigenvalue weighted by Crippen LogP contribution is 2.28. The molecule has 4 rings (SSSR count). The predicted octanol–water partition coefficient (Wildman–Crippen LogP) is 4.46. The number of nitrogens with zero attached hydrogens (tertiary/aromatic N) is 6. The Morgan fingerprint density at radius 1 is 1.23 bits per heavy atom. The summed E-state index contributed by atoms with van der Waals surface area (Å²) in [5.41, 5.74) is -0.272. The maximum atomic E-state index is 13.7. The molecule has 0 unspecified atom stereocenters. The molecule has 4 aromatic rings. The molecule has 0 aliphatic heterocycles. The van der Waals surface area contributed by atoms with Crippen LogP contribution < -0.4 is 4.74 Å². The van der Waals surface area contributed by atoms with Crippen molar-refractivity contribution in [2.24, 2.45) is 0 Å². The van der Waals surface area contributed by atoms with Gasteiger partial charge in [-0.25, -0.2) is 18.4 Å². The molecule has 0 fully saturated rings. The molecule has 1 aromatic carbocycles. The van der Waals surface area contributed by atoms with Crippen molar-refractivity contribution in [3.63, 3.8) is 0 Å². The molecule has 3 aromatic heterocycles. The quantitative estimate of drug-likeness (QED) is 0.404. The van der Waals surface area contributed by atoms with Crippen molar-refractivity contribution in [1.82, 2.24) is 25.0 Å². The lowest BCUT2D eigenvalue weighted by Gasteiger charge is -2.05. The molecule has 0 N–H and O–H groups in total. The summed E-state index contributed by atoms with van der Waals surface area (Å²) in [6.45, 7) is -0.253. The SMILES string of the molecule is N#Cc1c(F)cc(OCc2nnc(-c3cc(Br)nn3-c3ncccc3Cl)o2)cc1F. The first-order valence-electron chi connectivity index (χ1n) is 8.17. The Morgan fingerprint density at radius 2 is 2.00 bits per heavy atom. The van der Waals surface area contributed by atoms with Crippen LogP contribution in [0.25, 0.3) is 17.4 Å². The molecule has 0 bridgehead atoms. The van der Waals surface area contributed by atoms with Crippen LogP contribution in [-0.2, 0) is 6.61 Å². The predicted molar refractivity (Wildman–Crippen MR) is 103 cm³/mol. The van der Waals surface area contributed by atoms with Crippen LogP contribution in [0.4, 0.5) is 8.78 Å². The molecular weight excluding hydrogens is 486 g/mol. The molecule has 8 nitrogen and oxygen atoms in total. The molecule has 150 valence electrons. The van der Waals surface area contributed by atoms with Gasteiger partial charge in [0, 0.05) is 24.4 Å². The van der Waals surface area contributed by atoms with Crippen LogP contribution in [-0.4, -0.2) is 25.0 Å². The molecule has 0 atom stereocenters. The summed E-state index contributed by atoms with van der Waals surface area (Å²) < 4.78 is 40.1. The molecule has 0 aliphatic carbocycles. The van der Waals surface area contributed by atoms with Crippen LogP contribution in [0.2, 0.25) is 5.02 Å². The molecule has 30 heavy (non-hydrogen) atoms. The Bertz CT molecular complexity index is 1260. The summed E-state index contributed by atoms with van der Waals surface area (Å²) in [7, 11) is 0. The summed E-state index contributed by atoms with van der Waals surface area (Å²) in [5, 5.41) is 21.2. The van der Waals surface area contributed by atoms with E-state index in [0.29, 0.717) is 21.1 Å². The second kappa shape index (κ2) is 8.17. The molecule has 0 saturated heterocycles. The van der Waals surface area contributed by atoms with Crippen molar-refractivity contribution in [3.05, 3.63) is 69.2 Å².